The van der Waals surface area contributed by atoms with Gasteiger partial charge in [-0.3, -0.25) is 14.2 Å². The van der Waals surface area contributed by atoms with Gasteiger partial charge in [-0.05, 0) is 64.5 Å². The van der Waals surface area contributed by atoms with E-state index >= 15 is 0 Å². The molecular weight excluding hydrogens is 564 g/mol. The van der Waals surface area contributed by atoms with Gasteiger partial charge in [0.15, 0.2) is 5.16 Å². The third-order valence-corrected chi connectivity index (χ3v) is 7.16. The number of hydrogen-bond donors (Lipinski definition) is 1. The third kappa shape index (κ3) is 5.32. The predicted octanol–water partition coefficient (Wildman–Crippen LogP) is 5.21. The molecule has 0 aliphatic carbocycles. The number of carbonyl (C=O) groups excluding carboxylic acids is 1. The van der Waals surface area contributed by atoms with Crippen LogP contribution in [-0.2, 0) is 4.79 Å². The summed E-state index contributed by atoms with van der Waals surface area (Å²) in [4.78, 5) is 31.0. The molecule has 0 unspecified atom stereocenters. The fraction of sp³-hybridized carbons (Fsp3) is 0.0476. The molecule has 0 spiro atoms. The van der Waals surface area contributed by atoms with Crippen molar-refractivity contribution in [1.82, 2.24) is 15.0 Å². The SMILES string of the molecule is O=C(CSc1nc2ccccc2c(=O)n1-c1ccc(Br)cc1)N/N=C\c1ccc(Br)s1. The predicted molar refractivity (Wildman–Crippen MR) is 134 cm³/mol. The number of amides is 1. The summed E-state index contributed by atoms with van der Waals surface area (Å²) in [6.45, 7) is 0. The summed E-state index contributed by atoms with van der Waals surface area (Å²) in [5.74, 6) is -0.228. The van der Waals surface area contributed by atoms with Crippen molar-refractivity contribution in [2.75, 3.05) is 5.75 Å². The zero-order valence-corrected chi connectivity index (χ0v) is 20.6. The molecule has 0 saturated heterocycles. The molecule has 1 amide bonds. The largest absolute Gasteiger partial charge is 0.272 e. The molecule has 2 aromatic carbocycles. The first kappa shape index (κ1) is 21.9. The van der Waals surface area contributed by atoms with Crippen molar-refractivity contribution < 1.29 is 4.79 Å². The van der Waals surface area contributed by atoms with Crippen LogP contribution in [0.5, 0.6) is 0 Å². The summed E-state index contributed by atoms with van der Waals surface area (Å²) in [6.07, 6.45) is 1.59. The van der Waals surface area contributed by atoms with Crippen molar-refractivity contribution in [3.05, 3.63) is 84.2 Å². The summed E-state index contributed by atoms with van der Waals surface area (Å²) in [6, 6.07) is 18.4. The van der Waals surface area contributed by atoms with Gasteiger partial charge >= 0.3 is 0 Å². The molecule has 2 aromatic heterocycles. The number of carbonyl (C=O) groups is 1. The van der Waals surface area contributed by atoms with Crippen LogP contribution < -0.4 is 11.0 Å². The van der Waals surface area contributed by atoms with Crippen LogP contribution in [0, 0.1) is 0 Å². The van der Waals surface area contributed by atoms with E-state index in [2.05, 4.69) is 47.4 Å². The maximum absolute atomic E-state index is 13.2. The molecule has 0 saturated carbocycles. The number of para-hydroxylation sites is 1. The van der Waals surface area contributed by atoms with E-state index in [9.17, 15) is 9.59 Å². The first-order chi connectivity index (χ1) is 15.0. The van der Waals surface area contributed by atoms with E-state index in [1.165, 1.54) is 27.7 Å². The summed E-state index contributed by atoms with van der Waals surface area (Å²) in [5.41, 5.74) is 3.59. The van der Waals surface area contributed by atoms with Gasteiger partial charge in [0.25, 0.3) is 11.5 Å². The Morgan fingerprint density at radius 2 is 1.90 bits per heavy atom. The van der Waals surface area contributed by atoms with E-state index in [1.807, 2.05) is 48.5 Å². The van der Waals surface area contributed by atoms with Gasteiger partial charge in [0, 0.05) is 9.35 Å². The van der Waals surface area contributed by atoms with Crippen molar-refractivity contribution in [2.24, 2.45) is 5.10 Å². The Morgan fingerprint density at radius 1 is 1.13 bits per heavy atom. The highest BCUT2D eigenvalue weighted by atomic mass is 79.9. The van der Waals surface area contributed by atoms with Crippen molar-refractivity contribution in [3.8, 4) is 5.69 Å². The molecule has 4 rings (SSSR count). The molecule has 6 nitrogen and oxygen atoms in total. The lowest BCUT2D eigenvalue weighted by atomic mass is 10.2. The Morgan fingerprint density at radius 3 is 2.65 bits per heavy atom. The minimum Gasteiger partial charge on any atom is -0.272 e. The molecule has 1 N–H and O–H groups in total. The van der Waals surface area contributed by atoms with Gasteiger partial charge in [-0.2, -0.15) is 5.10 Å². The molecule has 0 radical (unpaired) electrons. The van der Waals surface area contributed by atoms with Crippen LogP contribution in [0.1, 0.15) is 4.88 Å². The fourth-order valence-corrected chi connectivity index (χ4v) is 5.12. The number of halogens is 2. The lowest BCUT2D eigenvalue weighted by molar-refractivity contribution is -0.118. The van der Waals surface area contributed by atoms with Crippen molar-refractivity contribution in [1.29, 1.82) is 0 Å². The molecule has 31 heavy (non-hydrogen) atoms. The van der Waals surface area contributed by atoms with Crippen LogP contribution >= 0.6 is 55.0 Å². The Kier molecular flexibility index (Phi) is 7.01. The zero-order valence-electron chi connectivity index (χ0n) is 15.8. The van der Waals surface area contributed by atoms with Crippen LogP contribution in [0.3, 0.4) is 0 Å². The molecular formula is C21H14Br2N4O2S2. The second-order valence-corrected chi connectivity index (χ2v) is 10.6. The zero-order chi connectivity index (χ0) is 21.8. The van der Waals surface area contributed by atoms with Crippen LogP contribution in [0.4, 0.5) is 0 Å². The van der Waals surface area contributed by atoms with Crippen molar-refractivity contribution >= 4 is 78.0 Å². The standard InChI is InChI=1S/C21H14Br2N4O2S2/c22-13-5-7-14(8-6-13)27-20(29)16-3-1-2-4-17(16)25-21(27)30-12-19(28)26-24-11-15-9-10-18(23)31-15/h1-11H,12H2,(H,26,28)/b24-11-. The highest BCUT2D eigenvalue weighted by molar-refractivity contribution is 9.11. The van der Waals surface area contributed by atoms with Gasteiger partial charge in [-0.25, -0.2) is 10.4 Å². The number of nitrogens with zero attached hydrogens (tertiary/aromatic N) is 3. The van der Waals surface area contributed by atoms with Gasteiger partial charge in [-0.15, -0.1) is 11.3 Å². The molecule has 0 fully saturated rings. The minimum absolute atomic E-state index is 0.0623. The van der Waals surface area contributed by atoms with Crippen LogP contribution in [-0.4, -0.2) is 27.4 Å². The lowest BCUT2D eigenvalue weighted by Gasteiger charge is -2.13. The number of thiophene rings is 1. The van der Waals surface area contributed by atoms with E-state index in [4.69, 9.17) is 0 Å². The molecule has 0 aliphatic rings. The summed E-state index contributed by atoms with van der Waals surface area (Å²) >= 11 is 9.49. The summed E-state index contributed by atoms with van der Waals surface area (Å²) in [7, 11) is 0. The second kappa shape index (κ2) is 9.90. The number of rotatable bonds is 6. The van der Waals surface area contributed by atoms with Crippen molar-refractivity contribution in [3.63, 3.8) is 0 Å². The van der Waals surface area contributed by atoms with Crippen LogP contribution in [0.2, 0.25) is 0 Å². The van der Waals surface area contributed by atoms with Gasteiger partial charge in [0.2, 0.25) is 0 Å². The second-order valence-electron chi connectivity index (χ2n) is 6.25. The summed E-state index contributed by atoms with van der Waals surface area (Å²) in [5, 5.41) is 4.94. The van der Waals surface area contributed by atoms with E-state index in [-0.39, 0.29) is 17.2 Å². The van der Waals surface area contributed by atoms with E-state index < -0.39 is 0 Å². The van der Waals surface area contributed by atoms with Gasteiger partial charge in [0.05, 0.1) is 32.3 Å². The highest BCUT2D eigenvalue weighted by Crippen LogP contribution is 2.23. The third-order valence-electron chi connectivity index (χ3n) is 4.14. The Bertz CT molecular complexity index is 1330. The molecule has 4 aromatic rings. The average Bonchev–Trinajstić information content (AvgIpc) is 3.18. The maximum atomic E-state index is 13.2. The number of thioether (sulfide) groups is 1. The molecule has 0 bridgehead atoms. The topological polar surface area (TPSA) is 76.3 Å². The quantitative estimate of drug-likeness (QED) is 0.148. The fourth-order valence-electron chi connectivity index (χ4n) is 2.75. The van der Waals surface area contributed by atoms with Crippen LogP contribution in [0.25, 0.3) is 16.6 Å². The Balaban J connectivity index is 1.58. The van der Waals surface area contributed by atoms with Gasteiger partial charge in [-0.1, -0.05) is 39.8 Å². The highest BCUT2D eigenvalue weighted by Gasteiger charge is 2.14. The first-order valence-electron chi connectivity index (χ1n) is 8.99. The number of hydrogen-bond acceptors (Lipinski definition) is 6. The Labute approximate surface area is 202 Å². The average molecular weight is 578 g/mol. The Hall–Kier alpha value is -2.27. The molecule has 0 atom stereocenters. The van der Waals surface area contributed by atoms with Gasteiger partial charge in [0.1, 0.15) is 0 Å². The van der Waals surface area contributed by atoms with Crippen molar-refractivity contribution in [2.45, 2.75) is 5.16 Å². The number of fused-ring (bicyclic) bond motifs is 1. The van der Waals surface area contributed by atoms with E-state index in [0.29, 0.717) is 21.7 Å². The summed E-state index contributed by atoms with van der Waals surface area (Å²) < 4.78 is 3.42. The monoisotopic (exact) mass is 576 g/mol. The number of nitrogens with one attached hydrogen (secondary N) is 1. The lowest BCUT2D eigenvalue weighted by Crippen LogP contribution is -2.24. The smallest absolute Gasteiger partial charge is 0.266 e. The van der Waals surface area contributed by atoms with E-state index in [1.54, 1.807) is 18.3 Å². The number of benzene rings is 2. The minimum atomic E-state index is -0.290. The molecule has 10 heteroatoms. The molecule has 156 valence electrons. The van der Waals surface area contributed by atoms with E-state index in [0.717, 1.165) is 13.1 Å². The molecule has 2 heterocycles. The number of hydrazone groups is 1. The van der Waals surface area contributed by atoms with Gasteiger partial charge < -0.3 is 0 Å². The van der Waals surface area contributed by atoms with Crippen LogP contribution in [0.15, 0.2) is 84.0 Å². The normalized spacial score (nSPS) is 11.3. The maximum Gasteiger partial charge on any atom is 0.266 e. The number of aromatic nitrogens is 2. The molecule has 0 aliphatic heterocycles. The first-order valence-corrected chi connectivity index (χ1v) is 12.4.